The highest BCUT2D eigenvalue weighted by Gasteiger charge is 2.44. The number of aliphatic carboxylic acids is 1. The number of pyridine rings is 1. The molecule has 0 saturated heterocycles. The number of ether oxygens (including phenoxy) is 2. The van der Waals surface area contributed by atoms with Gasteiger partial charge in [0.05, 0.1) is 46.8 Å². The Morgan fingerprint density at radius 2 is 1.71 bits per heavy atom. The molecule has 2 heterocycles. The fourth-order valence-corrected chi connectivity index (χ4v) is 9.70. The molecule has 3 N–H and O–H groups in total. The minimum Gasteiger partial charge on any atom is -0.496 e. The Morgan fingerprint density at radius 1 is 0.941 bits per heavy atom. The first kappa shape index (κ1) is 37.0. The van der Waals surface area contributed by atoms with Crippen LogP contribution in [0, 0.1) is 30.6 Å². The smallest absolute Gasteiger partial charge is 0.306 e. The van der Waals surface area contributed by atoms with Crippen molar-refractivity contribution in [2.75, 3.05) is 20.7 Å². The van der Waals surface area contributed by atoms with E-state index in [4.69, 9.17) is 25.2 Å². The van der Waals surface area contributed by atoms with Crippen molar-refractivity contribution in [1.82, 2.24) is 14.9 Å². The van der Waals surface area contributed by atoms with E-state index >= 15 is 0 Å². The summed E-state index contributed by atoms with van der Waals surface area (Å²) in [5.41, 5.74) is 9.14. The molecule has 1 unspecified atom stereocenters. The lowest BCUT2D eigenvalue weighted by Crippen LogP contribution is -2.39. The van der Waals surface area contributed by atoms with E-state index in [0.717, 1.165) is 85.0 Å². The van der Waals surface area contributed by atoms with Crippen LogP contribution in [0.15, 0.2) is 23.6 Å². The number of primary amides is 1. The zero-order valence-electron chi connectivity index (χ0n) is 30.4. The van der Waals surface area contributed by atoms with Crippen molar-refractivity contribution >= 4 is 40.0 Å². The molecule has 11 heteroatoms. The van der Waals surface area contributed by atoms with Gasteiger partial charge in [-0.3, -0.25) is 14.4 Å². The number of nitrogens with zero attached hydrogens (tertiary/aromatic N) is 3. The van der Waals surface area contributed by atoms with Crippen LogP contribution < -0.4 is 15.2 Å². The fraction of sp³-hybridized carbons (Fsp3) is 0.625. The van der Waals surface area contributed by atoms with E-state index in [0.29, 0.717) is 37.0 Å². The molecule has 276 valence electrons. The molecule has 3 aromatic rings. The van der Waals surface area contributed by atoms with E-state index in [1.54, 1.807) is 23.3 Å². The summed E-state index contributed by atoms with van der Waals surface area (Å²) in [6.45, 7) is 2.61. The van der Waals surface area contributed by atoms with Crippen molar-refractivity contribution < 1.29 is 29.0 Å². The van der Waals surface area contributed by atoms with E-state index in [-0.39, 0.29) is 17.9 Å². The summed E-state index contributed by atoms with van der Waals surface area (Å²) in [6.07, 6.45) is 14.3. The van der Waals surface area contributed by atoms with Crippen molar-refractivity contribution in [2.24, 2.45) is 29.4 Å². The number of benzene rings is 1. The van der Waals surface area contributed by atoms with E-state index in [1.807, 2.05) is 32.2 Å². The largest absolute Gasteiger partial charge is 0.496 e. The molecule has 3 saturated carbocycles. The first-order valence-corrected chi connectivity index (χ1v) is 19.9. The number of methoxy groups -OCH3 is 1. The van der Waals surface area contributed by atoms with Crippen LogP contribution in [0.3, 0.4) is 0 Å². The monoisotopic (exact) mass is 718 g/mol. The van der Waals surface area contributed by atoms with Crippen molar-refractivity contribution in [3.05, 3.63) is 34.2 Å². The molecule has 0 spiro atoms. The van der Waals surface area contributed by atoms with Crippen molar-refractivity contribution in [3.8, 4) is 22.9 Å². The normalized spacial score (nSPS) is 23.8. The number of hydrogen-bond acceptors (Lipinski definition) is 8. The van der Waals surface area contributed by atoms with Gasteiger partial charge in [0, 0.05) is 41.9 Å². The second kappa shape index (κ2) is 16.7. The van der Waals surface area contributed by atoms with Crippen LogP contribution in [-0.2, 0) is 14.4 Å². The number of aryl methyl sites for hydroxylation is 1. The van der Waals surface area contributed by atoms with Crippen LogP contribution in [0.2, 0.25) is 0 Å². The molecule has 5 atom stereocenters. The fourth-order valence-electron chi connectivity index (χ4n) is 8.72. The van der Waals surface area contributed by atoms with E-state index in [9.17, 15) is 19.5 Å². The van der Waals surface area contributed by atoms with Crippen molar-refractivity contribution in [2.45, 2.75) is 115 Å². The molecule has 1 aromatic carbocycles. The minimum atomic E-state index is -0.658. The molecule has 0 bridgehead atoms. The Kier molecular flexibility index (Phi) is 12.2. The number of carbonyl (C=O) groups is 3. The molecule has 0 aliphatic heterocycles. The molecule has 3 aliphatic rings. The quantitative estimate of drug-likeness (QED) is 0.151. The predicted octanol–water partition coefficient (Wildman–Crippen LogP) is 7.89. The zero-order chi connectivity index (χ0) is 36.1. The minimum absolute atomic E-state index is 0.0610. The lowest BCUT2D eigenvalue weighted by Gasteiger charge is -2.23. The number of aromatic nitrogens is 2. The second-order valence-electron chi connectivity index (χ2n) is 15.2. The molecular formula is C40H54N4O6S. The first-order valence-electron chi connectivity index (χ1n) is 19.0. The molecule has 2 amide bonds. The standard InChI is InChI=1S/C40H54N4O6S/c1-24-34(49-3)17-16-29-35(22-32(42-36(24)29)33-23-51-38(43-33)26-12-8-6-9-13-26)50-28-20-30(37(41)45)31(21-28)39(46)44(2)18-10-5-4-7-11-25-14-15-27(19-25)40(47)48/h16-17,22-23,25-28,30-31H,4-15,18-21H2,1-3H3,(H2,41,45)(H,47,48)/t25-,27-,28+,30?,31+/m0/s1. The summed E-state index contributed by atoms with van der Waals surface area (Å²) in [5, 5.41) is 13.4. The maximum absolute atomic E-state index is 13.7. The van der Waals surface area contributed by atoms with Crippen LogP contribution in [0.1, 0.15) is 113 Å². The summed E-state index contributed by atoms with van der Waals surface area (Å²) >= 11 is 1.70. The highest BCUT2D eigenvalue weighted by Crippen LogP contribution is 2.41. The number of carboxylic acids is 1. The van der Waals surface area contributed by atoms with Gasteiger partial charge >= 0.3 is 5.97 Å². The first-order chi connectivity index (χ1) is 24.6. The number of unbranched alkanes of at least 4 members (excludes halogenated alkanes) is 3. The summed E-state index contributed by atoms with van der Waals surface area (Å²) in [6, 6.07) is 5.83. The van der Waals surface area contributed by atoms with Gasteiger partial charge in [0.25, 0.3) is 0 Å². The number of amides is 2. The molecular weight excluding hydrogens is 665 g/mol. The third-order valence-electron chi connectivity index (χ3n) is 11.7. The topological polar surface area (TPSA) is 145 Å². The van der Waals surface area contributed by atoms with Crippen LogP contribution in [0.25, 0.3) is 22.3 Å². The van der Waals surface area contributed by atoms with Crippen LogP contribution >= 0.6 is 11.3 Å². The Balaban J connectivity index is 1.10. The molecule has 3 aliphatic carbocycles. The number of hydrogen-bond donors (Lipinski definition) is 2. The summed E-state index contributed by atoms with van der Waals surface area (Å²) in [5.74, 6) is -0.0730. The number of fused-ring (bicyclic) bond motifs is 1. The summed E-state index contributed by atoms with van der Waals surface area (Å²) in [4.78, 5) is 49.5. The molecule has 0 radical (unpaired) electrons. The average molecular weight is 719 g/mol. The lowest BCUT2D eigenvalue weighted by molar-refractivity contribution is -0.141. The predicted molar refractivity (Wildman–Crippen MR) is 199 cm³/mol. The van der Waals surface area contributed by atoms with Crippen molar-refractivity contribution in [3.63, 3.8) is 0 Å². The third kappa shape index (κ3) is 8.67. The Morgan fingerprint density at radius 3 is 2.43 bits per heavy atom. The number of nitrogens with two attached hydrogens (primary N) is 1. The van der Waals surface area contributed by atoms with Gasteiger partial charge in [0.15, 0.2) is 0 Å². The molecule has 10 nitrogen and oxygen atoms in total. The maximum atomic E-state index is 13.7. The van der Waals surface area contributed by atoms with Gasteiger partial charge in [-0.1, -0.05) is 44.9 Å². The zero-order valence-corrected chi connectivity index (χ0v) is 31.2. The number of rotatable bonds is 15. The van der Waals surface area contributed by atoms with E-state index < -0.39 is 23.7 Å². The van der Waals surface area contributed by atoms with Crippen LogP contribution in [0.5, 0.6) is 11.5 Å². The lowest BCUT2D eigenvalue weighted by atomic mass is 9.90. The van der Waals surface area contributed by atoms with Gasteiger partial charge in [-0.25, -0.2) is 9.97 Å². The molecule has 3 fully saturated rings. The van der Waals surface area contributed by atoms with Crippen molar-refractivity contribution in [1.29, 1.82) is 0 Å². The van der Waals surface area contributed by atoms with Crippen LogP contribution in [0.4, 0.5) is 0 Å². The van der Waals surface area contributed by atoms with E-state index in [2.05, 4.69) is 5.38 Å². The summed E-state index contributed by atoms with van der Waals surface area (Å²) < 4.78 is 12.3. The Labute approximate surface area is 305 Å². The van der Waals surface area contributed by atoms with Gasteiger partial charge in [-0.15, -0.1) is 11.3 Å². The van der Waals surface area contributed by atoms with Gasteiger partial charge in [0.1, 0.15) is 17.6 Å². The van der Waals surface area contributed by atoms with Gasteiger partial charge < -0.3 is 25.2 Å². The number of carbonyl (C=O) groups excluding carboxylic acids is 2. The maximum Gasteiger partial charge on any atom is 0.306 e. The van der Waals surface area contributed by atoms with Gasteiger partial charge in [0.2, 0.25) is 11.8 Å². The average Bonchev–Trinajstić information content (AvgIpc) is 3.91. The number of carboxylic acid groups (broad SMARTS) is 1. The molecule has 6 rings (SSSR count). The number of thiazole rings is 1. The van der Waals surface area contributed by atoms with Gasteiger partial charge in [-0.2, -0.15) is 0 Å². The van der Waals surface area contributed by atoms with E-state index in [1.165, 1.54) is 37.1 Å². The Bertz CT molecular complexity index is 1700. The Hall–Kier alpha value is -3.73. The van der Waals surface area contributed by atoms with Crippen LogP contribution in [-0.4, -0.2) is 64.6 Å². The highest BCUT2D eigenvalue weighted by molar-refractivity contribution is 7.10. The van der Waals surface area contributed by atoms with Gasteiger partial charge in [-0.05, 0) is 76.3 Å². The second-order valence-corrected chi connectivity index (χ2v) is 16.1. The SMILES string of the molecule is COc1ccc2c(O[C@@H]3CC(C(N)=O)[C@H](C(=O)N(C)CCCCCC[C@H]4CC[C@H](C(=O)O)C4)C3)cc(-c3csc(C4CCCCC4)n3)nc2c1C. The molecule has 51 heavy (non-hydrogen) atoms. The molecule has 2 aromatic heterocycles. The highest BCUT2D eigenvalue weighted by atomic mass is 32.1. The third-order valence-corrected chi connectivity index (χ3v) is 12.7. The summed E-state index contributed by atoms with van der Waals surface area (Å²) in [7, 11) is 3.47.